The Kier molecular flexibility index (Phi) is 96.9. The molecule has 1 N–H and O–H groups in total. The van der Waals surface area contributed by atoms with Crippen molar-refractivity contribution in [2.24, 2.45) is 0 Å². The molecule has 19 heavy (non-hydrogen) atoms. The van der Waals surface area contributed by atoms with Crippen LogP contribution in [0.1, 0.15) is 26.2 Å². The predicted octanol–water partition coefficient (Wildman–Crippen LogP) is 5.12. The summed E-state index contributed by atoms with van der Waals surface area (Å²) < 4.78 is 0. The van der Waals surface area contributed by atoms with E-state index in [1.807, 2.05) is 18.2 Å². The predicted molar refractivity (Wildman–Crippen MR) is 91.6 cm³/mol. The number of unbranched alkanes of at least 4 members (excludes halogenated alkanes) is 1. The SMILES string of the molecule is C=CCCCNCC.[C-]1=CC=CC1.[CH3-].[CH3-].[CH3-].[CH3-].[CH3-].[Ti]. The molecule has 0 bridgehead atoms. The van der Waals surface area contributed by atoms with E-state index in [0.717, 1.165) is 25.9 Å². The van der Waals surface area contributed by atoms with Crippen LogP contribution in [-0.4, -0.2) is 13.1 Å². The van der Waals surface area contributed by atoms with E-state index in [2.05, 4.69) is 31.0 Å². The summed E-state index contributed by atoms with van der Waals surface area (Å²) in [5.74, 6) is 0. The molecule has 0 unspecified atom stereocenters. The summed E-state index contributed by atoms with van der Waals surface area (Å²) in [6.07, 6.45) is 14.3. The van der Waals surface area contributed by atoms with Crippen molar-refractivity contribution in [3.63, 3.8) is 0 Å². The monoisotopic (exact) mass is 301 g/mol. The molecule has 1 rings (SSSR count). The van der Waals surface area contributed by atoms with Crippen LogP contribution in [0.4, 0.5) is 0 Å². The van der Waals surface area contributed by atoms with Crippen LogP contribution in [0, 0.1) is 43.2 Å². The van der Waals surface area contributed by atoms with E-state index >= 15 is 0 Å². The minimum atomic E-state index is 0. The zero-order valence-electron chi connectivity index (χ0n) is 14.1. The maximum absolute atomic E-state index is 3.63. The van der Waals surface area contributed by atoms with Gasteiger partial charge in [0.15, 0.2) is 0 Å². The fourth-order valence-electron chi connectivity index (χ4n) is 0.888. The fraction of sp³-hybridized carbons (Fsp3) is 0.353. The van der Waals surface area contributed by atoms with E-state index in [4.69, 9.17) is 0 Å². The number of hydrogen-bond donors (Lipinski definition) is 1. The summed E-state index contributed by atoms with van der Waals surface area (Å²) in [7, 11) is 0. The van der Waals surface area contributed by atoms with Crippen LogP contribution in [-0.2, 0) is 21.7 Å². The molecule has 0 amide bonds. The summed E-state index contributed by atoms with van der Waals surface area (Å²) in [6, 6.07) is 0. The largest absolute Gasteiger partial charge is 0.358 e. The first kappa shape index (κ1) is 42.8. The molecule has 0 aromatic heterocycles. The number of allylic oxidation sites excluding steroid dienone is 5. The van der Waals surface area contributed by atoms with Gasteiger partial charge in [0.05, 0.1) is 0 Å². The Morgan fingerprint density at radius 1 is 1.21 bits per heavy atom. The molecular weight excluding hydrogens is 266 g/mol. The normalized spacial score (nSPS) is 8.47. The molecule has 0 aliphatic heterocycles. The maximum Gasteiger partial charge on any atom is 0 e. The Morgan fingerprint density at radius 3 is 2.05 bits per heavy atom. The first-order valence-corrected chi connectivity index (χ1v) is 4.95. The van der Waals surface area contributed by atoms with Gasteiger partial charge in [0.2, 0.25) is 0 Å². The summed E-state index contributed by atoms with van der Waals surface area (Å²) >= 11 is 0. The van der Waals surface area contributed by atoms with E-state index < -0.39 is 0 Å². The Labute approximate surface area is 140 Å². The van der Waals surface area contributed by atoms with Crippen LogP contribution in [0.25, 0.3) is 0 Å². The van der Waals surface area contributed by atoms with Gasteiger partial charge in [-0.3, -0.25) is 6.08 Å². The van der Waals surface area contributed by atoms with Gasteiger partial charge in [0.25, 0.3) is 0 Å². The standard InChI is InChI=1S/C7H15N.C5H5.5CH3.Ti/c1-3-5-6-7-8-4-2;1-2-4-5-3-1;;;;;;/h3,8H,1,4-7H2,2H3;1-3H,4H2;5*1H3;/q;6*-1;. The minimum Gasteiger partial charge on any atom is -0.358 e. The average Bonchev–Trinajstić information content (AvgIpc) is 2.70. The molecule has 0 aromatic rings. The van der Waals surface area contributed by atoms with Crippen LogP contribution in [0.5, 0.6) is 0 Å². The van der Waals surface area contributed by atoms with Crippen molar-refractivity contribution < 1.29 is 21.7 Å². The van der Waals surface area contributed by atoms with Crippen LogP contribution in [0.3, 0.4) is 0 Å². The second-order valence-electron chi connectivity index (χ2n) is 2.79. The third-order valence-corrected chi connectivity index (χ3v) is 1.60. The smallest absolute Gasteiger partial charge is 0 e. The van der Waals surface area contributed by atoms with E-state index in [1.54, 1.807) is 0 Å². The van der Waals surface area contributed by atoms with Gasteiger partial charge in [0, 0.05) is 21.7 Å². The Morgan fingerprint density at radius 2 is 1.79 bits per heavy atom. The first-order chi connectivity index (χ1) is 6.41. The maximum atomic E-state index is 3.63. The van der Waals surface area contributed by atoms with E-state index in [1.165, 1.54) is 6.42 Å². The molecule has 1 nitrogen and oxygen atoms in total. The zero-order chi connectivity index (χ0) is 9.78. The van der Waals surface area contributed by atoms with Crippen molar-refractivity contribution >= 4 is 0 Å². The van der Waals surface area contributed by atoms with E-state index in [0.29, 0.717) is 0 Å². The molecule has 0 spiro atoms. The van der Waals surface area contributed by atoms with Crippen molar-refractivity contribution in [3.05, 3.63) is 74.1 Å². The number of nitrogens with one attached hydrogen (secondary N) is 1. The van der Waals surface area contributed by atoms with Gasteiger partial charge < -0.3 is 42.5 Å². The van der Waals surface area contributed by atoms with Crippen LogP contribution < -0.4 is 5.32 Å². The van der Waals surface area contributed by atoms with E-state index in [9.17, 15) is 0 Å². The second-order valence-corrected chi connectivity index (χ2v) is 2.79. The van der Waals surface area contributed by atoms with Gasteiger partial charge >= 0.3 is 0 Å². The Hall–Kier alpha value is -0.106. The van der Waals surface area contributed by atoms with Crippen molar-refractivity contribution in [2.45, 2.75) is 26.2 Å². The summed E-state index contributed by atoms with van der Waals surface area (Å²) in [5.41, 5.74) is 0. The van der Waals surface area contributed by atoms with Crippen LogP contribution in [0.2, 0.25) is 0 Å². The molecule has 118 valence electrons. The average molecular weight is 301 g/mol. The third-order valence-electron chi connectivity index (χ3n) is 1.60. The van der Waals surface area contributed by atoms with Crippen LogP contribution >= 0.6 is 0 Å². The van der Waals surface area contributed by atoms with Gasteiger partial charge in [0.1, 0.15) is 0 Å². The molecule has 1 aliphatic rings. The second kappa shape index (κ2) is 43.0. The van der Waals surface area contributed by atoms with Gasteiger partial charge in [-0.15, -0.1) is 13.0 Å². The van der Waals surface area contributed by atoms with Crippen molar-refractivity contribution in [3.8, 4) is 0 Å². The quantitative estimate of drug-likeness (QED) is 0.322. The van der Waals surface area contributed by atoms with Crippen molar-refractivity contribution in [1.29, 1.82) is 0 Å². The molecule has 0 saturated carbocycles. The molecule has 0 atom stereocenters. The van der Waals surface area contributed by atoms with Crippen molar-refractivity contribution in [2.75, 3.05) is 13.1 Å². The first-order valence-electron chi connectivity index (χ1n) is 4.95. The van der Waals surface area contributed by atoms with Crippen LogP contribution in [0.15, 0.2) is 30.9 Å². The van der Waals surface area contributed by atoms with Gasteiger partial charge in [-0.25, -0.2) is 12.2 Å². The Bertz CT molecular complexity index is 153. The molecular formula is C17H35NTi-6. The van der Waals surface area contributed by atoms with Gasteiger partial charge in [-0.1, -0.05) is 13.0 Å². The number of hydrogen-bond acceptors (Lipinski definition) is 1. The van der Waals surface area contributed by atoms with E-state index in [-0.39, 0.29) is 58.9 Å². The minimum absolute atomic E-state index is 0. The summed E-state index contributed by atoms with van der Waals surface area (Å²) in [6.45, 7) is 7.96. The van der Waals surface area contributed by atoms with Gasteiger partial charge in [-0.05, 0) is 25.9 Å². The summed E-state index contributed by atoms with van der Waals surface area (Å²) in [5, 5.41) is 3.24. The zero-order valence-corrected chi connectivity index (χ0v) is 15.6. The Balaban J connectivity index is -0.0000000238. The third kappa shape index (κ3) is 46.2. The topological polar surface area (TPSA) is 12.0 Å². The molecule has 2 heteroatoms. The molecule has 0 fully saturated rings. The number of rotatable bonds is 5. The molecule has 0 heterocycles. The fourth-order valence-corrected chi connectivity index (χ4v) is 0.888. The molecule has 1 aliphatic carbocycles. The molecule has 0 aromatic carbocycles. The summed E-state index contributed by atoms with van der Waals surface area (Å²) in [4.78, 5) is 0. The molecule has 0 saturated heterocycles. The molecule has 0 radical (unpaired) electrons. The van der Waals surface area contributed by atoms with Gasteiger partial charge in [-0.2, -0.15) is 6.08 Å². The van der Waals surface area contributed by atoms with Crippen molar-refractivity contribution in [1.82, 2.24) is 5.32 Å².